The van der Waals surface area contributed by atoms with Crippen molar-refractivity contribution in [2.24, 2.45) is 0 Å². The summed E-state index contributed by atoms with van der Waals surface area (Å²) in [7, 11) is 0. The van der Waals surface area contributed by atoms with Crippen LogP contribution in [0.1, 0.15) is 0 Å². The molecule has 10 rings (SSSR count). The average Bonchev–Trinajstić information content (AvgIpc) is 3.24. The van der Waals surface area contributed by atoms with Crippen molar-refractivity contribution in [3.63, 3.8) is 0 Å². The molecule has 0 aliphatic carbocycles. The van der Waals surface area contributed by atoms with E-state index in [2.05, 4.69) is 91.0 Å². The SMILES string of the molecule is Fc1ccc(-c2nc3cc(-c4ccc(-c5nc(-c6ccccc6)nc(-c6ccccc6)n5)cc4)ccc3c3c4ccccc4c4ccccc4c23)cc1. The van der Waals surface area contributed by atoms with Crippen molar-refractivity contribution in [3.8, 4) is 56.5 Å². The van der Waals surface area contributed by atoms with E-state index in [1.165, 1.54) is 22.9 Å². The van der Waals surface area contributed by atoms with E-state index in [1.54, 1.807) is 0 Å². The second-order valence-electron chi connectivity index (χ2n) is 13.2. The number of benzene rings is 8. The summed E-state index contributed by atoms with van der Waals surface area (Å²) in [4.78, 5) is 20.0. The molecule has 0 atom stereocenters. The molecule has 0 bridgehead atoms. The first-order valence-corrected chi connectivity index (χ1v) is 17.6. The Morgan fingerprint density at radius 1 is 0.302 bits per heavy atom. The molecular formula is C48H29FN4. The highest BCUT2D eigenvalue weighted by atomic mass is 19.1. The van der Waals surface area contributed by atoms with E-state index < -0.39 is 0 Å². The molecule has 10 aromatic rings. The number of aromatic nitrogens is 4. The quantitative estimate of drug-likeness (QED) is 0.170. The summed E-state index contributed by atoms with van der Waals surface area (Å²) in [5.74, 6) is 1.59. The van der Waals surface area contributed by atoms with Crippen molar-refractivity contribution in [1.29, 1.82) is 0 Å². The summed E-state index contributed by atoms with van der Waals surface area (Å²) in [6.45, 7) is 0. The van der Waals surface area contributed by atoms with Crippen LogP contribution in [0, 0.1) is 5.82 Å². The Morgan fingerprint density at radius 2 is 0.736 bits per heavy atom. The van der Waals surface area contributed by atoms with E-state index in [9.17, 15) is 4.39 Å². The molecule has 2 heterocycles. The first kappa shape index (κ1) is 30.7. The Labute approximate surface area is 304 Å². The summed E-state index contributed by atoms with van der Waals surface area (Å²) in [6.07, 6.45) is 0. The topological polar surface area (TPSA) is 51.6 Å². The minimum absolute atomic E-state index is 0.273. The van der Waals surface area contributed by atoms with Crippen molar-refractivity contribution in [3.05, 3.63) is 182 Å². The largest absolute Gasteiger partial charge is 0.247 e. The predicted molar refractivity (Wildman–Crippen MR) is 215 cm³/mol. The smallest absolute Gasteiger partial charge is 0.164 e. The van der Waals surface area contributed by atoms with Gasteiger partial charge in [-0.3, -0.25) is 0 Å². The molecule has 0 amide bonds. The molecule has 5 heteroatoms. The van der Waals surface area contributed by atoms with Gasteiger partial charge in [-0.1, -0.05) is 146 Å². The predicted octanol–water partition coefficient (Wildman–Crippen LogP) is 12.4. The molecule has 8 aromatic carbocycles. The Hall–Kier alpha value is -7.11. The fourth-order valence-electron chi connectivity index (χ4n) is 7.42. The lowest BCUT2D eigenvalue weighted by Crippen LogP contribution is -2.00. The zero-order valence-electron chi connectivity index (χ0n) is 28.4. The second-order valence-corrected chi connectivity index (χ2v) is 13.2. The maximum Gasteiger partial charge on any atom is 0.164 e. The molecule has 0 radical (unpaired) electrons. The molecule has 248 valence electrons. The molecule has 0 spiro atoms. The van der Waals surface area contributed by atoms with Crippen molar-refractivity contribution >= 4 is 43.2 Å². The number of rotatable bonds is 5. The van der Waals surface area contributed by atoms with E-state index in [4.69, 9.17) is 19.9 Å². The normalized spacial score (nSPS) is 11.5. The lowest BCUT2D eigenvalue weighted by atomic mass is 9.89. The van der Waals surface area contributed by atoms with Gasteiger partial charge in [0.1, 0.15) is 5.82 Å². The molecule has 0 saturated heterocycles. The van der Waals surface area contributed by atoms with Gasteiger partial charge in [-0.2, -0.15) is 0 Å². The first-order valence-electron chi connectivity index (χ1n) is 17.6. The van der Waals surface area contributed by atoms with Crippen LogP contribution in [0.2, 0.25) is 0 Å². The number of nitrogens with zero attached hydrogens (tertiary/aromatic N) is 4. The fraction of sp³-hybridized carbons (Fsp3) is 0. The molecule has 2 aromatic heterocycles. The summed E-state index contributed by atoms with van der Waals surface area (Å²) in [6, 6.07) is 58.6. The molecule has 0 fully saturated rings. The number of hydrogen-bond acceptors (Lipinski definition) is 4. The van der Waals surface area contributed by atoms with Gasteiger partial charge >= 0.3 is 0 Å². The molecule has 4 nitrogen and oxygen atoms in total. The summed E-state index contributed by atoms with van der Waals surface area (Å²) in [5, 5.41) is 7.93. The van der Waals surface area contributed by atoms with Gasteiger partial charge in [-0.25, -0.2) is 24.3 Å². The maximum atomic E-state index is 14.2. The Kier molecular flexibility index (Phi) is 7.29. The Morgan fingerprint density at radius 3 is 1.30 bits per heavy atom. The van der Waals surface area contributed by atoms with Gasteiger partial charge in [-0.05, 0) is 63.0 Å². The van der Waals surface area contributed by atoms with E-state index in [0.29, 0.717) is 17.5 Å². The number of halogens is 1. The lowest BCUT2D eigenvalue weighted by molar-refractivity contribution is 0.628. The molecular weight excluding hydrogens is 652 g/mol. The van der Waals surface area contributed by atoms with Crippen molar-refractivity contribution in [1.82, 2.24) is 19.9 Å². The van der Waals surface area contributed by atoms with Gasteiger partial charge < -0.3 is 0 Å². The third-order valence-corrected chi connectivity index (χ3v) is 9.96. The Balaban J connectivity index is 1.13. The van der Waals surface area contributed by atoms with Gasteiger partial charge in [0, 0.05) is 38.4 Å². The third-order valence-electron chi connectivity index (χ3n) is 9.96. The lowest BCUT2D eigenvalue weighted by Gasteiger charge is -2.17. The minimum atomic E-state index is -0.273. The van der Waals surface area contributed by atoms with Crippen LogP contribution in [0.4, 0.5) is 4.39 Å². The highest BCUT2D eigenvalue weighted by Crippen LogP contribution is 2.43. The fourth-order valence-corrected chi connectivity index (χ4v) is 7.42. The molecule has 0 aliphatic rings. The molecule has 0 N–H and O–H groups in total. The van der Waals surface area contributed by atoms with Gasteiger partial charge in [0.15, 0.2) is 17.5 Å². The monoisotopic (exact) mass is 680 g/mol. The van der Waals surface area contributed by atoms with Crippen LogP contribution in [0.3, 0.4) is 0 Å². The molecule has 0 aliphatic heterocycles. The molecule has 0 unspecified atom stereocenters. The third kappa shape index (κ3) is 5.38. The van der Waals surface area contributed by atoms with Crippen molar-refractivity contribution in [2.75, 3.05) is 0 Å². The van der Waals surface area contributed by atoms with Crippen LogP contribution in [0.25, 0.3) is 99.8 Å². The standard InChI is InChI=1S/C48H29FN4/c49-36-26-23-31(24-27-36)45-44-40-18-10-8-16-38(40)37-15-7-9-17-39(37)43(44)41-28-25-35(29-42(41)50-45)30-19-21-34(22-20-30)48-52-46(32-11-3-1-4-12-32)51-47(53-48)33-13-5-2-6-14-33/h1-29H. The highest BCUT2D eigenvalue weighted by molar-refractivity contribution is 6.33. The van der Waals surface area contributed by atoms with Crippen LogP contribution in [-0.2, 0) is 0 Å². The van der Waals surface area contributed by atoms with Gasteiger partial charge in [0.2, 0.25) is 0 Å². The Bertz CT molecular complexity index is 2920. The van der Waals surface area contributed by atoms with E-state index >= 15 is 0 Å². The molecule has 53 heavy (non-hydrogen) atoms. The second kappa shape index (κ2) is 12.6. The highest BCUT2D eigenvalue weighted by Gasteiger charge is 2.18. The number of pyridine rings is 1. The maximum absolute atomic E-state index is 14.2. The summed E-state index contributed by atoms with van der Waals surface area (Å²) >= 11 is 0. The minimum Gasteiger partial charge on any atom is -0.247 e. The number of fused-ring (bicyclic) bond motifs is 8. The van der Waals surface area contributed by atoms with Crippen LogP contribution < -0.4 is 0 Å². The zero-order valence-corrected chi connectivity index (χ0v) is 28.4. The van der Waals surface area contributed by atoms with Crippen molar-refractivity contribution < 1.29 is 4.39 Å². The number of hydrogen-bond donors (Lipinski definition) is 0. The van der Waals surface area contributed by atoms with Gasteiger partial charge in [0.05, 0.1) is 11.2 Å². The zero-order chi connectivity index (χ0) is 35.3. The van der Waals surface area contributed by atoms with Crippen LogP contribution in [0.5, 0.6) is 0 Å². The first-order chi connectivity index (χ1) is 26.2. The van der Waals surface area contributed by atoms with E-state index in [0.717, 1.165) is 71.5 Å². The summed E-state index contributed by atoms with van der Waals surface area (Å²) in [5.41, 5.74) is 7.42. The molecule has 0 saturated carbocycles. The van der Waals surface area contributed by atoms with E-state index in [1.807, 2.05) is 72.8 Å². The van der Waals surface area contributed by atoms with Crippen molar-refractivity contribution in [2.45, 2.75) is 0 Å². The van der Waals surface area contributed by atoms with Crippen LogP contribution in [-0.4, -0.2) is 19.9 Å². The van der Waals surface area contributed by atoms with E-state index in [-0.39, 0.29) is 5.82 Å². The van der Waals surface area contributed by atoms with Gasteiger partial charge in [0.25, 0.3) is 0 Å². The summed E-state index contributed by atoms with van der Waals surface area (Å²) < 4.78 is 14.2. The van der Waals surface area contributed by atoms with Crippen LogP contribution >= 0.6 is 0 Å². The van der Waals surface area contributed by atoms with Crippen LogP contribution in [0.15, 0.2) is 176 Å². The average molecular weight is 681 g/mol. The van der Waals surface area contributed by atoms with Gasteiger partial charge in [-0.15, -0.1) is 0 Å².